The van der Waals surface area contributed by atoms with Gasteiger partial charge in [0.2, 0.25) is 0 Å². The summed E-state index contributed by atoms with van der Waals surface area (Å²) in [6.07, 6.45) is 3.02. The van der Waals surface area contributed by atoms with Crippen LogP contribution in [0.25, 0.3) is 22.1 Å². The van der Waals surface area contributed by atoms with E-state index in [1.807, 2.05) is 6.92 Å². The second kappa shape index (κ2) is 7.59. The minimum absolute atomic E-state index is 0.350. The van der Waals surface area contributed by atoms with Crippen molar-refractivity contribution in [1.82, 2.24) is 4.98 Å². The number of fused-ring (bicyclic) bond motifs is 1. The van der Waals surface area contributed by atoms with Gasteiger partial charge in [-0.1, -0.05) is 12.1 Å². The molecule has 0 N–H and O–H groups in total. The van der Waals surface area contributed by atoms with Crippen molar-refractivity contribution in [2.75, 3.05) is 7.11 Å². The molecule has 0 amide bonds. The topological polar surface area (TPSA) is 78.6 Å². The van der Waals surface area contributed by atoms with Gasteiger partial charge in [0.1, 0.15) is 17.1 Å². The molecule has 6 heteroatoms. The molecule has 0 aliphatic rings. The fourth-order valence-corrected chi connectivity index (χ4v) is 3.13. The van der Waals surface area contributed by atoms with Gasteiger partial charge in [0.05, 0.1) is 18.2 Å². The highest BCUT2D eigenvalue weighted by molar-refractivity contribution is 5.92. The predicted molar refractivity (Wildman–Crippen MR) is 108 cm³/mol. The van der Waals surface area contributed by atoms with Gasteiger partial charge in [-0.3, -0.25) is 4.98 Å². The van der Waals surface area contributed by atoms with Crippen molar-refractivity contribution in [3.63, 3.8) is 0 Å². The summed E-state index contributed by atoms with van der Waals surface area (Å²) in [7, 11) is 1.58. The van der Waals surface area contributed by atoms with Crippen molar-refractivity contribution in [2.45, 2.75) is 6.92 Å². The van der Waals surface area contributed by atoms with Crippen LogP contribution in [0.1, 0.15) is 15.9 Å². The summed E-state index contributed by atoms with van der Waals surface area (Å²) in [5, 5.41) is 0.687. The maximum Gasteiger partial charge on any atom is 0.345 e. The van der Waals surface area contributed by atoms with Gasteiger partial charge in [-0.25, -0.2) is 9.59 Å². The largest absolute Gasteiger partial charge is 0.497 e. The first kappa shape index (κ1) is 18.4. The molecule has 0 fully saturated rings. The zero-order valence-electron chi connectivity index (χ0n) is 15.8. The minimum Gasteiger partial charge on any atom is -0.497 e. The summed E-state index contributed by atoms with van der Waals surface area (Å²) in [5.41, 5.74) is 2.25. The molecule has 0 unspecified atom stereocenters. The lowest BCUT2D eigenvalue weighted by atomic mass is 9.99. The van der Waals surface area contributed by atoms with Crippen LogP contribution in [0, 0.1) is 6.92 Å². The third-order valence-electron chi connectivity index (χ3n) is 4.62. The Balaban J connectivity index is 1.75. The monoisotopic (exact) mass is 387 g/mol. The normalized spacial score (nSPS) is 10.7. The van der Waals surface area contributed by atoms with Gasteiger partial charge in [-0.15, -0.1) is 0 Å². The third kappa shape index (κ3) is 3.60. The number of ether oxygens (including phenoxy) is 2. The molecule has 144 valence electrons. The van der Waals surface area contributed by atoms with Crippen LogP contribution in [0.5, 0.6) is 11.5 Å². The molecule has 29 heavy (non-hydrogen) atoms. The van der Waals surface area contributed by atoms with Crippen LogP contribution in [-0.2, 0) is 0 Å². The summed E-state index contributed by atoms with van der Waals surface area (Å²) in [6, 6.07) is 15.4. The second-order valence-corrected chi connectivity index (χ2v) is 6.41. The molecule has 0 aliphatic heterocycles. The molecule has 0 spiro atoms. The SMILES string of the molecule is COc1ccc(-c2c(C)c3cc(OC(=O)c4cccnc4)ccc3oc2=O)cc1. The molecule has 0 atom stereocenters. The van der Waals surface area contributed by atoms with Crippen molar-refractivity contribution >= 4 is 16.9 Å². The van der Waals surface area contributed by atoms with Gasteiger partial charge in [0.25, 0.3) is 0 Å². The molecule has 4 rings (SSSR count). The van der Waals surface area contributed by atoms with E-state index in [0.29, 0.717) is 33.6 Å². The average molecular weight is 387 g/mol. The Morgan fingerprint density at radius 2 is 1.79 bits per heavy atom. The number of carbonyl (C=O) groups is 1. The second-order valence-electron chi connectivity index (χ2n) is 6.41. The molecule has 2 aromatic heterocycles. The zero-order chi connectivity index (χ0) is 20.4. The Morgan fingerprint density at radius 1 is 1.03 bits per heavy atom. The highest BCUT2D eigenvalue weighted by atomic mass is 16.5. The van der Waals surface area contributed by atoms with Gasteiger partial charge >= 0.3 is 11.6 Å². The number of methoxy groups -OCH3 is 1. The van der Waals surface area contributed by atoms with E-state index in [-0.39, 0.29) is 0 Å². The van der Waals surface area contributed by atoms with E-state index >= 15 is 0 Å². The fraction of sp³-hybridized carbons (Fsp3) is 0.0870. The highest BCUT2D eigenvalue weighted by Crippen LogP contribution is 2.30. The van der Waals surface area contributed by atoms with Gasteiger partial charge < -0.3 is 13.9 Å². The van der Waals surface area contributed by atoms with Gasteiger partial charge in [0, 0.05) is 17.8 Å². The van der Waals surface area contributed by atoms with Crippen molar-refractivity contribution in [1.29, 1.82) is 0 Å². The quantitative estimate of drug-likeness (QED) is 0.294. The molecule has 0 bridgehead atoms. The van der Waals surface area contributed by atoms with Crippen molar-refractivity contribution in [2.24, 2.45) is 0 Å². The van der Waals surface area contributed by atoms with Crippen LogP contribution < -0.4 is 15.1 Å². The fourth-order valence-electron chi connectivity index (χ4n) is 3.13. The van der Waals surface area contributed by atoms with E-state index in [4.69, 9.17) is 13.9 Å². The number of nitrogens with zero attached hydrogens (tertiary/aromatic N) is 1. The zero-order valence-corrected chi connectivity index (χ0v) is 15.8. The Morgan fingerprint density at radius 3 is 2.48 bits per heavy atom. The van der Waals surface area contributed by atoms with Crippen LogP contribution in [0.3, 0.4) is 0 Å². The lowest BCUT2D eigenvalue weighted by molar-refractivity contribution is 0.0734. The smallest absolute Gasteiger partial charge is 0.345 e. The Bertz CT molecular complexity index is 1240. The molecule has 2 heterocycles. The predicted octanol–water partition coefficient (Wildman–Crippen LogP) is 4.39. The maximum atomic E-state index is 12.6. The molecular weight excluding hydrogens is 370 g/mol. The summed E-state index contributed by atoms with van der Waals surface area (Å²) < 4.78 is 16.1. The number of carbonyl (C=O) groups excluding carboxylic acids is 1. The lowest BCUT2D eigenvalue weighted by Crippen LogP contribution is -2.09. The van der Waals surface area contributed by atoms with Crippen LogP contribution in [0.2, 0.25) is 0 Å². The summed E-state index contributed by atoms with van der Waals surface area (Å²) in [6.45, 7) is 1.84. The van der Waals surface area contributed by atoms with E-state index < -0.39 is 11.6 Å². The summed E-state index contributed by atoms with van der Waals surface area (Å²) in [4.78, 5) is 28.8. The number of rotatable bonds is 4. The van der Waals surface area contributed by atoms with E-state index in [1.165, 1.54) is 6.20 Å². The van der Waals surface area contributed by atoms with E-state index in [1.54, 1.807) is 67.9 Å². The number of hydrogen-bond acceptors (Lipinski definition) is 6. The summed E-state index contributed by atoms with van der Waals surface area (Å²) in [5.74, 6) is 0.535. The lowest BCUT2D eigenvalue weighted by Gasteiger charge is -2.10. The van der Waals surface area contributed by atoms with Crippen LogP contribution in [0.4, 0.5) is 0 Å². The first-order valence-electron chi connectivity index (χ1n) is 8.91. The Hall–Kier alpha value is -3.93. The molecule has 6 nitrogen and oxygen atoms in total. The minimum atomic E-state index is -0.511. The highest BCUT2D eigenvalue weighted by Gasteiger charge is 2.15. The van der Waals surface area contributed by atoms with E-state index in [2.05, 4.69) is 4.98 Å². The Kier molecular flexibility index (Phi) is 4.83. The van der Waals surface area contributed by atoms with Crippen molar-refractivity contribution in [3.8, 4) is 22.6 Å². The number of esters is 1. The number of aromatic nitrogens is 1. The average Bonchev–Trinajstić information content (AvgIpc) is 2.75. The van der Waals surface area contributed by atoms with Gasteiger partial charge in [-0.05, 0) is 60.5 Å². The van der Waals surface area contributed by atoms with Gasteiger partial charge in [0.15, 0.2) is 0 Å². The maximum absolute atomic E-state index is 12.6. The molecule has 4 aromatic rings. The third-order valence-corrected chi connectivity index (χ3v) is 4.62. The Labute approximate surface area is 166 Å². The number of pyridine rings is 1. The van der Waals surface area contributed by atoms with E-state index in [0.717, 1.165) is 11.1 Å². The number of benzene rings is 2. The molecule has 0 saturated carbocycles. The van der Waals surface area contributed by atoms with Crippen LogP contribution >= 0.6 is 0 Å². The van der Waals surface area contributed by atoms with Crippen LogP contribution in [0.15, 0.2) is 76.2 Å². The molecular formula is C23H17NO5. The van der Waals surface area contributed by atoms with Crippen molar-refractivity contribution < 1.29 is 18.7 Å². The molecule has 0 saturated heterocycles. The van der Waals surface area contributed by atoms with Crippen LogP contribution in [-0.4, -0.2) is 18.1 Å². The first-order valence-corrected chi connectivity index (χ1v) is 8.91. The molecule has 0 radical (unpaired) electrons. The van der Waals surface area contributed by atoms with Gasteiger partial charge in [-0.2, -0.15) is 0 Å². The number of aryl methyl sites for hydroxylation is 1. The molecule has 2 aromatic carbocycles. The standard InChI is InChI=1S/C23H17NO5/c1-14-19-12-18(28-22(25)16-4-3-11-24-13-16)9-10-20(19)29-23(26)21(14)15-5-7-17(27-2)8-6-15/h3-13H,1-2H3. The summed E-state index contributed by atoms with van der Waals surface area (Å²) >= 11 is 0. The van der Waals surface area contributed by atoms with Crippen molar-refractivity contribution in [3.05, 3.63) is 88.5 Å². The number of hydrogen-bond donors (Lipinski definition) is 0. The first-order chi connectivity index (χ1) is 14.1. The van der Waals surface area contributed by atoms with E-state index in [9.17, 15) is 9.59 Å². The molecule has 0 aliphatic carbocycles.